The van der Waals surface area contributed by atoms with Gasteiger partial charge in [0.25, 0.3) is 0 Å². The number of nitriles is 1. The molecule has 2 rings (SSSR count). The highest BCUT2D eigenvalue weighted by molar-refractivity contribution is 5.76. The van der Waals surface area contributed by atoms with Gasteiger partial charge in [-0.05, 0) is 12.1 Å². The van der Waals surface area contributed by atoms with Crippen molar-refractivity contribution >= 4 is 5.97 Å². The van der Waals surface area contributed by atoms with Crippen LogP contribution in [0.3, 0.4) is 0 Å². The summed E-state index contributed by atoms with van der Waals surface area (Å²) in [7, 11) is 1.34. The number of nitrogens with zero attached hydrogens (tertiary/aromatic N) is 2. The first-order chi connectivity index (χ1) is 10.2. The van der Waals surface area contributed by atoms with Gasteiger partial charge < -0.3 is 14.6 Å². The van der Waals surface area contributed by atoms with Crippen molar-refractivity contribution in [1.29, 1.82) is 5.26 Å². The number of carbonyl (C=O) groups excluding carboxylic acids is 1. The second kappa shape index (κ2) is 7.07. The maximum Gasteiger partial charge on any atom is 0.323 e. The van der Waals surface area contributed by atoms with Crippen molar-refractivity contribution in [2.75, 3.05) is 26.8 Å². The van der Waals surface area contributed by atoms with E-state index in [-0.39, 0.29) is 5.97 Å². The fraction of sp³-hybridized carbons (Fsp3) is 0.467. The number of carbonyl (C=O) groups is 1. The Morgan fingerprint density at radius 3 is 3.00 bits per heavy atom. The molecular weight excluding hydrogens is 272 g/mol. The van der Waals surface area contributed by atoms with E-state index >= 15 is 0 Å². The molecule has 112 valence electrons. The van der Waals surface area contributed by atoms with E-state index in [0.29, 0.717) is 37.4 Å². The lowest BCUT2D eigenvalue weighted by molar-refractivity contribution is -0.146. The SMILES string of the molecule is COC(=O)[C@@H]1C[C@@H](O)CN1CCOc1ccccc1C#N. The first-order valence-corrected chi connectivity index (χ1v) is 6.77. The van der Waals surface area contributed by atoms with E-state index in [9.17, 15) is 9.90 Å². The molecule has 6 nitrogen and oxygen atoms in total. The molecule has 1 aliphatic rings. The third-order valence-electron chi connectivity index (χ3n) is 3.50. The van der Waals surface area contributed by atoms with Crippen molar-refractivity contribution in [3.05, 3.63) is 29.8 Å². The molecule has 0 saturated carbocycles. The summed E-state index contributed by atoms with van der Waals surface area (Å²) in [6.45, 7) is 1.23. The highest BCUT2D eigenvalue weighted by atomic mass is 16.5. The van der Waals surface area contributed by atoms with Gasteiger partial charge in [-0.3, -0.25) is 9.69 Å². The molecule has 0 amide bonds. The quantitative estimate of drug-likeness (QED) is 0.797. The van der Waals surface area contributed by atoms with Crippen LogP contribution in [0.1, 0.15) is 12.0 Å². The van der Waals surface area contributed by atoms with E-state index in [1.807, 2.05) is 4.90 Å². The number of aliphatic hydroxyl groups excluding tert-OH is 1. The number of hydrogen-bond donors (Lipinski definition) is 1. The minimum absolute atomic E-state index is 0.332. The Balaban J connectivity index is 1.90. The van der Waals surface area contributed by atoms with E-state index in [1.54, 1.807) is 24.3 Å². The van der Waals surface area contributed by atoms with E-state index in [2.05, 4.69) is 6.07 Å². The van der Waals surface area contributed by atoms with Crippen LogP contribution in [-0.4, -0.2) is 54.9 Å². The van der Waals surface area contributed by atoms with Gasteiger partial charge in [0.2, 0.25) is 0 Å². The van der Waals surface area contributed by atoms with Crippen molar-refractivity contribution in [3.8, 4) is 11.8 Å². The van der Waals surface area contributed by atoms with Crippen LogP contribution in [-0.2, 0) is 9.53 Å². The maximum atomic E-state index is 11.6. The summed E-state index contributed by atoms with van der Waals surface area (Å²) in [4.78, 5) is 13.5. The van der Waals surface area contributed by atoms with Crippen molar-refractivity contribution in [2.45, 2.75) is 18.6 Å². The molecule has 1 aliphatic heterocycles. The molecule has 0 unspecified atom stereocenters. The fourth-order valence-electron chi connectivity index (χ4n) is 2.47. The maximum absolute atomic E-state index is 11.6. The molecule has 2 atom stereocenters. The molecule has 6 heteroatoms. The summed E-state index contributed by atoms with van der Waals surface area (Å²) in [5.74, 6) is 0.179. The highest BCUT2D eigenvalue weighted by Gasteiger charge is 2.36. The average molecular weight is 290 g/mol. The van der Waals surface area contributed by atoms with Crippen LogP contribution in [0, 0.1) is 11.3 Å². The number of likely N-dealkylation sites (tertiary alicyclic amines) is 1. The molecule has 0 radical (unpaired) electrons. The summed E-state index contributed by atoms with van der Waals surface area (Å²) in [6, 6.07) is 8.62. The highest BCUT2D eigenvalue weighted by Crippen LogP contribution is 2.20. The van der Waals surface area contributed by atoms with Crippen LogP contribution in [0.2, 0.25) is 0 Å². The first-order valence-electron chi connectivity index (χ1n) is 6.77. The summed E-state index contributed by atoms with van der Waals surface area (Å²) in [5, 5.41) is 18.7. The van der Waals surface area contributed by atoms with Crippen molar-refractivity contribution in [2.24, 2.45) is 0 Å². The molecule has 0 bridgehead atoms. The Morgan fingerprint density at radius 1 is 1.52 bits per heavy atom. The topological polar surface area (TPSA) is 82.8 Å². The lowest BCUT2D eigenvalue weighted by atomic mass is 10.2. The monoisotopic (exact) mass is 290 g/mol. The second-order valence-corrected chi connectivity index (χ2v) is 4.88. The van der Waals surface area contributed by atoms with Crippen molar-refractivity contribution in [3.63, 3.8) is 0 Å². The largest absolute Gasteiger partial charge is 0.491 e. The Labute approximate surface area is 123 Å². The van der Waals surface area contributed by atoms with E-state index in [0.717, 1.165) is 0 Å². The number of ether oxygens (including phenoxy) is 2. The standard InChI is InChI=1S/C15H18N2O4/c1-20-15(19)13-8-12(18)10-17(13)6-7-21-14-5-3-2-4-11(14)9-16/h2-5,12-13,18H,6-8,10H2,1H3/t12-,13+/m1/s1. The molecule has 1 aromatic carbocycles. The lowest BCUT2D eigenvalue weighted by Gasteiger charge is -2.21. The van der Waals surface area contributed by atoms with Crippen LogP contribution in [0.25, 0.3) is 0 Å². The zero-order valence-corrected chi connectivity index (χ0v) is 11.9. The second-order valence-electron chi connectivity index (χ2n) is 4.88. The van der Waals surface area contributed by atoms with E-state index < -0.39 is 12.1 Å². The normalized spacial score (nSPS) is 21.8. The molecule has 0 aromatic heterocycles. The molecular formula is C15H18N2O4. The van der Waals surface area contributed by atoms with Gasteiger partial charge in [0.05, 0.1) is 18.8 Å². The van der Waals surface area contributed by atoms with Crippen LogP contribution in [0.4, 0.5) is 0 Å². The predicted molar refractivity (Wildman–Crippen MR) is 74.7 cm³/mol. The number of hydrogen-bond acceptors (Lipinski definition) is 6. The summed E-state index contributed by atoms with van der Waals surface area (Å²) in [5.41, 5.74) is 0.475. The molecule has 1 heterocycles. The summed E-state index contributed by atoms with van der Waals surface area (Å²) < 4.78 is 10.3. The van der Waals surface area contributed by atoms with Crippen LogP contribution in [0.15, 0.2) is 24.3 Å². The van der Waals surface area contributed by atoms with Gasteiger partial charge in [0.15, 0.2) is 0 Å². The van der Waals surface area contributed by atoms with Gasteiger partial charge in [-0.25, -0.2) is 0 Å². The van der Waals surface area contributed by atoms with Crippen LogP contribution >= 0.6 is 0 Å². The number of aliphatic hydroxyl groups is 1. The third-order valence-corrected chi connectivity index (χ3v) is 3.50. The number of rotatable bonds is 5. The minimum atomic E-state index is -0.527. The zero-order chi connectivity index (χ0) is 15.2. The summed E-state index contributed by atoms with van der Waals surface area (Å²) in [6.07, 6.45) is -0.151. The number of esters is 1. The molecule has 1 saturated heterocycles. The molecule has 1 aromatic rings. The fourth-order valence-corrected chi connectivity index (χ4v) is 2.47. The number of benzene rings is 1. The number of β-amino-alcohol motifs (C(OH)–C–C–N with tert-alkyl or cyclic N) is 1. The molecule has 1 fully saturated rings. The molecule has 1 N–H and O–H groups in total. The van der Waals surface area contributed by atoms with Crippen molar-refractivity contribution in [1.82, 2.24) is 4.90 Å². The molecule has 21 heavy (non-hydrogen) atoms. The molecule has 0 spiro atoms. The Hall–Kier alpha value is -2.10. The summed E-state index contributed by atoms with van der Waals surface area (Å²) >= 11 is 0. The van der Waals surface area contributed by atoms with Gasteiger partial charge in [0, 0.05) is 19.5 Å². The Kier molecular flexibility index (Phi) is 5.14. The third kappa shape index (κ3) is 3.72. The predicted octanol–water partition coefficient (Wildman–Crippen LogP) is 0.545. The first kappa shape index (κ1) is 15.3. The van der Waals surface area contributed by atoms with Gasteiger partial charge in [-0.2, -0.15) is 5.26 Å². The van der Waals surface area contributed by atoms with Crippen LogP contribution < -0.4 is 4.74 Å². The number of para-hydroxylation sites is 1. The molecule has 0 aliphatic carbocycles. The Bertz CT molecular complexity index is 541. The van der Waals surface area contributed by atoms with Crippen molar-refractivity contribution < 1.29 is 19.4 Å². The number of methoxy groups -OCH3 is 1. The van der Waals surface area contributed by atoms with E-state index in [4.69, 9.17) is 14.7 Å². The minimum Gasteiger partial charge on any atom is -0.491 e. The Morgan fingerprint density at radius 2 is 2.29 bits per heavy atom. The smallest absolute Gasteiger partial charge is 0.323 e. The van der Waals surface area contributed by atoms with E-state index in [1.165, 1.54) is 7.11 Å². The van der Waals surface area contributed by atoms with Gasteiger partial charge in [-0.1, -0.05) is 12.1 Å². The van der Waals surface area contributed by atoms with Gasteiger partial charge in [0.1, 0.15) is 24.5 Å². The zero-order valence-electron chi connectivity index (χ0n) is 11.9. The van der Waals surface area contributed by atoms with Crippen LogP contribution in [0.5, 0.6) is 5.75 Å². The van der Waals surface area contributed by atoms with Gasteiger partial charge in [-0.15, -0.1) is 0 Å². The average Bonchev–Trinajstić information content (AvgIpc) is 2.88. The van der Waals surface area contributed by atoms with Gasteiger partial charge >= 0.3 is 5.97 Å². The lowest BCUT2D eigenvalue weighted by Crippen LogP contribution is -2.39.